The number of halogens is 1. The van der Waals surface area contributed by atoms with Gasteiger partial charge in [-0.25, -0.2) is 9.79 Å². The normalized spacial score (nSPS) is 14.6. The van der Waals surface area contributed by atoms with Crippen LogP contribution in [0.25, 0.3) is 16.8 Å². The van der Waals surface area contributed by atoms with Gasteiger partial charge in [-0.15, -0.1) is 0 Å². The van der Waals surface area contributed by atoms with Crippen LogP contribution in [0.4, 0.5) is 0 Å². The number of methoxy groups -OCH3 is 1. The molecule has 2 heterocycles. The van der Waals surface area contributed by atoms with Crippen molar-refractivity contribution < 1.29 is 19.0 Å². The lowest BCUT2D eigenvalue weighted by molar-refractivity contribution is -0.139. The minimum atomic E-state index is -0.853. The van der Waals surface area contributed by atoms with Crippen LogP contribution in [-0.4, -0.2) is 24.3 Å². The van der Waals surface area contributed by atoms with Crippen LogP contribution in [0.15, 0.2) is 106 Å². The highest BCUT2D eigenvalue weighted by Crippen LogP contribution is 2.38. The Balaban J connectivity index is 1.59. The Hall–Kier alpha value is -4.66. The second kappa shape index (κ2) is 13.8. The van der Waals surface area contributed by atoms with Crippen LogP contribution in [0.5, 0.6) is 11.5 Å². The molecule has 234 valence electrons. The van der Waals surface area contributed by atoms with Gasteiger partial charge in [0.1, 0.15) is 24.1 Å². The zero-order chi connectivity index (χ0) is 32.2. The summed E-state index contributed by atoms with van der Waals surface area (Å²) in [5.41, 5.74) is 2.99. The van der Waals surface area contributed by atoms with Gasteiger partial charge in [-0.3, -0.25) is 9.36 Å². The highest BCUT2D eigenvalue weighted by atomic mass is 35.5. The molecule has 7 nitrogen and oxygen atoms in total. The summed E-state index contributed by atoms with van der Waals surface area (Å²) in [4.78, 5) is 33.5. The average Bonchev–Trinajstić information content (AvgIpc) is 3.38. The number of allylic oxidation sites excluding steroid dienone is 1. The molecular weight excluding hydrogens is 620 g/mol. The lowest BCUT2D eigenvalue weighted by Gasteiger charge is -2.27. The van der Waals surface area contributed by atoms with Crippen molar-refractivity contribution >= 4 is 45.8 Å². The molecule has 1 aliphatic rings. The molecule has 1 atom stereocenters. The molecule has 0 fully saturated rings. The number of benzene rings is 4. The molecule has 4 aromatic carbocycles. The first-order valence-electron chi connectivity index (χ1n) is 15.2. The molecule has 5 aromatic rings. The van der Waals surface area contributed by atoms with Crippen molar-refractivity contribution in [2.24, 2.45) is 4.99 Å². The van der Waals surface area contributed by atoms with E-state index < -0.39 is 12.0 Å². The van der Waals surface area contributed by atoms with Gasteiger partial charge in [0.2, 0.25) is 0 Å². The fourth-order valence-corrected chi connectivity index (χ4v) is 6.93. The van der Waals surface area contributed by atoms with E-state index in [9.17, 15) is 9.59 Å². The first-order valence-corrected chi connectivity index (χ1v) is 16.4. The van der Waals surface area contributed by atoms with E-state index in [0.29, 0.717) is 55.7 Å². The summed E-state index contributed by atoms with van der Waals surface area (Å²) in [6.07, 6.45) is 3.14. The molecule has 0 N–H and O–H groups in total. The van der Waals surface area contributed by atoms with Gasteiger partial charge in [0.15, 0.2) is 4.80 Å². The molecule has 46 heavy (non-hydrogen) atoms. The maximum absolute atomic E-state index is 14.5. The zero-order valence-electron chi connectivity index (χ0n) is 25.8. The van der Waals surface area contributed by atoms with Crippen LogP contribution < -0.4 is 24.4 Å². The van der Waals surface area contributed by atoms with Crippen molar-refractivity contribution in [3.63, 3.8) is 0 Å². The second-order valence-corrected chi connectivity index (χ2v) is 12.2. The Morgan fingerprint density at radius 1 is 1.00 bits per heavy atom. The molecule has 9 heteroatoms. The highest BCUT2D eigenvalue weighted by Gasteiger charge is 2.36. The predicted octanol–water partition coefficient (Wildman–Crippen LogP) is 6.97. The number of hydrogen-bond donors (Lipinski definition) is 0. The summed E-state index contributed by atoms with van der Waals surface area (Å²) < 4.78 is 19.6. The van der Waals surface area contributed by atoms with E-state index in [-0.39, 0.29) is 12.2 Å². The summed E-state index contributed by atoms with van der Waals surface area (Å²) in [5.74, 6) is 0.621. The number of aromatic nitrogens is 1. The topological polar surface area (TPSA) is 79.1 Å². The number of thiazole rings is 1. The maximum Gasteiger partial charge on any atom is 0.338 e. The molecule has 0 unspecified atom stereocenters. The third-order valence-electron chi connectivity index (χ3n) is 7.82. The molecule has 1 aromatic heterocycles. The van der Waals surface area contributed by atoms with Gasteiger partial charge in [-0.1, -0.05) is 96.9 Å². The van der Waals surface area contributed by atoms with Crippen molar-refractivity contribution in [3.8, 4) is 11.5 Å². The van der Waals surface area contributed by atoms with Crippen molar-refractivity contribution in [2.75, 3.05) is 13.7 Å². The van der Waals surface area contributed by atoms with Gasteiger partial charge in [-0.2, -0.15) is 0 Å². The number of hydrogen-bond acceptors (Lipinski definition) is 7. The summed E-state index contributed by atoms with van der Waals surface area (Å²) in [7, 11) is 1.55. The lowest BCUT2D eigenvalue weighted by atomic mass is 9.93. The van der Waals surface area contributed by atoms with E-state index in [0.717, 1.165) is 28.3 Å². The average molecular weight is 653 g/mol. The molecular formula is C37H33ClN2O5S. The van der Waals surface area contributed by atoms with E-state index in [1.807, 2.05) is 79.7 Å². The lowest BCUT2D eigenvalue weighted by Crippen LogP contribution is -2.40. The molecule has 6 rings (SSSR count). The van der Waals surface area contributed by atoms with Crippen LogP contribution in [-0.2, 0) is 16.1 Å². The van der Waals surface area contributed by atoms with Crippen molar-refractivity contribution in [2.45, 2.75) is 39.3 Å². The van der Waals surface area contributed by atoms with Crippen molar-refractivity contribution in [3.05, 3.63) is 138 Å². The number of nitrogens with zero attached hydrogens (tertiary/aromatic N) is 2. The van der Waals surface area contributed by atoms with E-state index in [1.54, 1.807) is 36.8 Å². The Labute approximate surface area is 275 Å². The SMILES string of the molecule is CCCC1=C(C(=O)OCC)[C@H](c2cc(Cl)ccc2OC)n2c(s/c(=C/c3c(OCc4ccccc4)ccc4ccccc34)c2=O)=N1. The van der Waals surface area contributed by atoms with E-state index in [4.69, 9.17) is 30.8 Å². The third kappa shape index (κ3) is 6.10. The maximum atomic E-state index is 14.5. The van der Waals surface area contributed by atoms with Crippen LogP contribution in [0.1, 0.15) is 49.4 Å². The Morgan fingerprint density at radius 2 is 1.76 bits per heavy atom. The number of rotatable bonds is 10. The standard InChI is InChI=1S/C37H33ClN2O5S/c1-4-11-29-33(36(42)44-5-2)34(28-20-25(38)17-19-30(28)43-3)40-35(41)32(46-37(40)39-29)21-27-26-15-10-9-14-24(26)16-18-31(27)45-22-23-12-7-6-8-13-23/h6-10,12-21,34H,4-5,11,22H2,1-3H3/b32-21+/t34-/m0/s1. The Kier molecular flexibility index (Phi) is 9.38. The number of fused-ring (bicyclic) bond motifs is 2. The fourth-order valence-electron chi connectivity index (χ4n) is 5.75. The first-order chi connectivity index (χ1) is 22.4. The summed E-state index contributed by atoms with van der Waals surface area (Å²) in [6.45, 7) is 4.33. The summed E-state index contributed by atoms with van der Waals surface area (Å²) in [5, 5.41) is 2.42. The fraction of sp³-hybridized carbons (Fsp3) is 0.216. The van der Waals surface area contributed by atoms with Gasteiger partial charge in [0, 0.05) is 16.1 Å². The van der Waals surface area contributed by atoms with Crippen LogP contribution in [0.2, 0.25) is 5.02 Å². The predicted molar refractivity (Wildman–Crippen MR) is 182 cm³/mol. The third-order valence-corrected chi connectivity index (χ3v) is 9.04. The smallest absolute Gasteiger partial charge is 0.338 e. The van der Waals surface area contributed by atoms with Gasteiger partial charge >= 0.3 is 5.97 Å². The van der Waals surface area contributed by atoms with Gasteiger partial charge < -0.3 is 14.2 Å². The number of carbonyl (C=O) groups excluding carboxylic acids is 1. The van der Waals surface area contributed by atoms with Crippen molar-refractivity contribution in [1.29, 1.82) is 0 Å². The number of esters is 1. The van der Waals surface area contributed by atoms with Crippen molar-refractivity contribution in [1.82, 2.24) is 4.57 Å². The van der Waals surface area contributed by atoms with Gasteiger partial charge in [0.05, 0.1) is 29.5 Å². The summed E-state index contributed by atoms with van der Waals surface area (Å²) >= 11 is 7.76. The molecule has 0 aliphatic carbocycles. The van der Waals surface area contributed by atoms with E-state index in [2.05, 4.69) is 0 Å². The Morgan fingerprint density at radius 3 is 2.52 bits per heavy atom. The van der Waals surface area contributed by atoms with Gasteiger partial charge in [0.25, 0.3) is 5.56 Å². The molecule has 0 bridgehead atoms. The minimum Gasteiger partial charge on any atom is -0.496 e. The van der Waals surface area contributed by atoms with Gasteiger partial charge in [-0.05, 0) is 60.0 Å². The summed E-state index contributed by atoms with van der Waals surface area (Å²) in [6, 6.07) is 26.2. The molecule has 0 saturated heterocycles. The second-order valence-electron chi connectivity index (χ2n) is 10.8. The molecule has 1 aliphatic heterocycles. The Bertz CT molecular complexity index is 2140. The number of ether oxygens (including phenoxy) is 3. The van der Waals surface area contributed by atoms with E-state index in [1.165, 1.54) is 11.3 Å². The van der Waals surface area contributed by atoms with E-state index >= 15 is 0 Å². The largest absolute Gasteiger partial charge is 0.496 e. The molecule has 0 spiro atoms. The molecule has 0 radical (unpaired) electrons. The van der Waals surface area contributed by atoms with Crippen LogP contribution in [0.3, 0.4) is 0 Å². The molecule has 0 saturated carbocycles. The highest BCUT2D eigenvalue weighted by molar-refractivity contribution is 7.07. The minimum absolute atomic E-state index is 0.179. The first kappa shape index (κ1) is 31.3. The van der Waals surface area contributed by atoms with Crippen LogP contribution >= 0.6 is 22.9 Å². The monoisotopic (exact) mass is 652 g/mol. The molecule has 0 amide bonds. The van der Waals surface area contributed by atoms with Crippen LogP contribution in [0, 0.1) is 0 Å². The quantitative estimate of drug-likeness (QED) is 0.152. The zero-order valence-corrected chi connectivity index (χ0v) is 27.4. The number of carbonyl (C=O) groups is 1.